The smallest absolute Gasteiger partial charge is 0.338 e. The minimum Gasteiger partial charge on any atom is -0.466 e. The van der Waals surface area contributed by atoms with E-state index in [0.717, 1.165) is 18.4 Å². The number of hydrogen-bond donors (Lipinski definition) is 1. The third-order valence-corrected chi connectivity index (χ3v) is 6.11. The van der Waals surface area contributed by atoms with E-state index in [2.05, 4.69) is 20.4 Å². The number of benzene rings is 1. The fraction of sp³-hybridized carbons (Fsp3) is 0.286. The fourth-order valence-corrected chi connectivity index (χ4v) is 4.55. The lowest BCUT2D eigenvalue weighted by Crippen LogP contribution is -2.50. The minimum atomic E-state index is -0.581. The van der Waals surface area contributed by atoms with E-state index in [9.17, 15) is 9.59 Å². The van der Waals surface area contributed by atoms with Crippen molar-refractivity contribution in [3.05, 3.63) is 65.6 Å². The first-order chi connectivity index (χ1) is 15.2. The molecular weight excluding hydrogens is 416 g/mol. The molecule has 1 fully saturated rings. The molecule has 1 aliphatic heterocycles. The fourth-order valence-electron chi connectivity index (χ4n) is 3.70. The van der Waals surface area contributed by atoms with E-state index < -0.39 is 12.0 Å². The van der Waals surface area contributed by atoms with Gasteiger partial charge in [0.25, 0.3) is 5.78 Å². The molecule has 1 aliphatic carbocycles. The van der Waals surface area contributed by atoms with Crippen LogP contribution in [0.2, 0.25) is 0 Å². The van der Waals surface area contributed by atoms with E-state index in [0.29, 0.717) is 28.0 Å². The molecule has 0 bridgehead atoms. The maximum Gasteiger partial charge on any atom is 0.338 e. The average molecular weight is 436 g/mol. The van der Waals surface area contributed by atoms with Crippen molar-refractivity contribution in [3.63, 3.8) is 0 Å². The molecule has 0 saturated heterocycles. The number of rotatable bonds is 6. The van der Waals surface area contributed by atoms with Crippen LogP contribution in [-0.4, -0.2) is 55.4 Å². The highest BCUT2D eigenvalue weighted by Gasteiger charge is 2.44. The number of nitrogens with one attached hydrogen (secondary N) is 1. The summed E-state index contributed by atoms with van der Waals surface area (Å²) in [6.07, 6.45) is 5.24. The van der Waals surface area contributed by atoms with Crippen LogP contribution >= 0.6 is 11.8 Å². The van der Waals surface area contributed by atoms with Crippen LogP contribution in [0.3, 0.4) is 0 Å². The van der Waals surface area contributed by atoms with Gasteiger partial charge in [-0.1, -0.05) is 42.1 Å². The summed E-state index contributed by atoms with van der Waals surface area (Å²) in [6, 6.07) is 10.5. The maximum atomic E-state index is 13.1. The number of amides is 2. The van der Waals surface area contributed by atoms with Crippen LogP contribution in [0.5, 0.6) is 0 Å². The summed E-state index contributed by atoms with van der Waals surface area (Å²) in [6.45, 7) is 0. The molecule has 1 unspecified atom stereocenters. The second-order valence-electron chi connectivity index (χ2n) is 7.29. The Morgan fingerprint density at radius 1 is 1.26 bits per heavy atom. The van der Waals surface area contributed by atoms with E-state index in [1.807, 2.05) is 30.3 Å². The number of nitrogens with zero attached hydrogens (tertiary/aromatic N) is 5. The van der Waals surface area contributed by atoms with Gasteiger partial charge in [0.15, 0.2) is 0 Å². The lowest BCUT2D eigenvalue weighted by atomic mass is 9.95. The molecule has 2 aromatic heterocycles. The summed E-state index contributed by atoms with van der Waals surface area (Å²) >= 11 is 1.36. The summed E-state index contributed by atoms with van der Waals surface area (Å²) in [5, 5.41) is 7.93. The normalized spacial score (nSPS) is 18.9. The molecule has 3 aromatic rings. The SMILES string of the molecule is COC(=O)C1=C(CSc2nc3ncccn3n2)N(C2CC2)C(=O)NC1c1ccccc1. The lowest BCUT2D eigenvalue weighted by Gasteiger charge is -2.36. The summed E-state index contributed by atoms with van der Waals surface area (Å²) in [5.74, 6) is 0.392. The molecule has 10 heteroatoms. The van der Waals surface area contributed by atoms with Gasteiger partial charge in [0.2, 0.25) is 5.16 Å². The zero-order valence-corrected chi connectivity index (χ0v) is 17.6. The van der Waals surface area contributed by atoms with Gasteiger partial charge in [0.05, 0.1) is 18.7 Å². The predicted molar refractivity (Wildman–Crippen MR) is 113 cm³/mol. The average Bonchev–Trinajstić information content (AvgIpc) is 3.55. The number of urea groups is 1. The van der Waals surface area contributed by atoms with Crippen LogP contribution < -0.4 is 5.32 Å². The van der Waals surface area contributed by atoms with Crippen LogP contribution in [0, 0.1) is 0 Å². The first kappa shape index (κ1) is 19.6. The van der Waals surface area contributed by atoms with Crippen LogP contribution in [0.4, 0.5) is 4.79 Å². The summed E-state index contributed by atoms with van der Waals surface area (Å²) in [5.41, 5.74) is 1.91. The second-order valence-corrected chi connectivity index (χ2v) is 8.24. The Hall–Kier alpha value is -3.40. The predicted octanol–water partition coefficient (Wildman–Crippen LogP) is 2.57. The van der Waals surface area contributed by atoms with Gasteiger partial charge >= 0.3 is 12.0 Å². The highest BCUT2D eigenvalue weighted by molar-refractivity contribution is 7.99. The Morgan fingerprint density at radius 3 is 2.77 bits per heavy atom. The summed E-state index contributed by atoms with van der Waals surface area (Å²) in [4.78, 5) is 36.2. The van der Waals surface area contributed by atoms with Crippen molar-refractivity contribution in [1.82, 2.24) is 29.8 Å². The molecule has 1 aromatic carbocycles. The molecule has 1 saturated carbocycles. The van der Waals surface area contributed by atoms with E-state index in [-0.39, 0.29) is 12.1 Å². The molecule has 3 heterocycles. The highest BCUT2D eigenvalue weighted by atomic mass is 32.2. The zero-order chi connectivity index (χ0) is 21.4. The number of thioether (sulfide) groups is 1. The molecule has 0 spiro atoms. The van der Waals surface area contributed by atoms with Gasteiger partial charge in [-0.2, -0.15) is 4.98 Å². The van der Waals surface area contributed by atoms with Gasteiger partial charge in [0.1, 0.15) is 0 Å². The Balaban J connectivity index is 1.55. The lowest BCUT2D eigenvalue weighted by molar-refractivity contribution is -0.136. The molecule has 9 nitrogen and oxygen atoms in total. The summed E-state index contributed by atoms with van der Waals surface area (Å²) in [7, 11) is 1.36. The highest BCUT2D eigenvalue weighted by Crippen LogP contribution is 2.39. The Kier molecular flexibility index (Phi) is 5.06. The Labute approximate surface area is 182 Å². The second kappa shape index (κ2) is 8.03. The van der Waals surface area contributed by atoms with Crippen LogP contribution in [-0.2, 0) is 9.53 Å². The zero-order valence-electron chi connectivity index (χ0n) is 16.8. The number of fused-ring (bicyclic) bond motifs is 1. The molecule has 158 valence electrons. The third-order valence-electron chi connectivity index (χ3n) is 5.26. The van der Waals surface area contributed by atoms with Crippen molar-refractivity contribution in [2.45, 2.75) is 30.1 Å². The van der Waals surface area contributed by atoms with E-state index in [1.54, 1.807) is 27.9 Å². The Morgan fingerprint density at radius 2 is 2.06 bits per heavy atom. The molecular formula is C21H20N6O3S. The largest absolute Gasteiger partial charge is 0.466 e. The maximum absolute atomic E-state index is 13.1. The number of carbonyl (C=O) groups is 2. The molecule has 0 radical (unpaired) electrons. The quantitative estimate of drug-likeness (QED) is 0.468. The number of hydrogen-bond acceptors (Lipinski definition) is 7. The van der Waals surface area contributed by atoms with Gasteiger partial charge in [-0.15, -0.1) is 5.10 Å². The number of methoxy groups -OCH3 is 1. The van der Waals surface area contributed by atoms with Crippen molar-refractivity contribution >= 4 is 29.5 Å². The van der Waals surface area contributed by atoms with Gasteiger partial charge in [0, 0.05) is 29.9 Å². The monoisotopic (exact) mass is 436 g/mol. The first-order valence-corrected chi connectivity index (χ1v) is 10.9. The topological polar surface area (TPSA) is 102 Å². The van der Waals surface area contributed by atoms with Gasteiger partial charge < -0.3 is 10.1 Å². The standard InChI is InChI=1S/C21H20N6O3S/c1-30-18(28)16-15(12-31-20-24-19-22-10-5-11-26(19)25-20)27(14-8-9-14)21(29)23-17(16)13-6-3-2-4-7-13/h2-7,10-11,14,17H,8-9,12H2,1H3,(H,23,29). The third kappa shape index (κ3) is 3.74. The van der Waals surface area contributed by atoms with Gasteiger partial charge in [-0.05, 0) is 24.5 Å². The first-order valence-electron chi connectivity index (χ1n) is 9.92. The number of aromatic nitrogens is 4. The van der Waals surface area contributed by atoms with Gasteiger partial charge in [-0.3, -0.25) is 4.90 Å². The molecule has 2 amide bonds. The molecule has 31 heavy (non-hydrogen) atoms. The molecule has 2 aliphatic rings. The van der Waals surface area contributed by atoms with Crippen LogP contribution in [0.25, 0.3) is 5.78 Å². The van der Waals surface area contributed by atoms with E-state index in [1.165, 1.54) is 18.9 Å². The Bertz CT molecular complexity index is 1140. The van der Waals surface area contributed by atoms with E-state index in [4.69, 9.17) is 4.74 Å². The van der Waals surface area contributed by atoms with Crippen molar-refractivity contribution in [2.75, 3.05) is 12.9 Å². The van der Waals surface area contributed by atoms with Crippen molar-refractivity contribution in [1.29, 1.82) is 0 Å². The number of ether oxygens (including phenoxy) is 1. The van der Waals surface area contributed by atoms with E-state index >= 15 is 0 Å². The summed E-state index contributed by atoms with van der Waals surface area (Å²) < 4.78 is 6.72. The van der Waals surface area contributed by atoms with Crippen molar-refractivity contribution < 1.29 is 14.3 Å². The minimum absolute atomic E-state index is 0.0858. The number of esters is 1. The van der Waals surface area contributed by atoms with Crippen molar-refractivity contribution in [3.8, 4) is 0 Å². The van der Waals surface area contributed by atoms with Gasteiger partial charge in [-0.25, -0.2) is 19.1 Å². The molecule has 5 rings (SSSR count). The molecule has 1 atom stereocenters. The van der Waals surface area contributed by atoms with Crippen molar-refractivity contribution in [2.24, 2.45) is 0 Å². The molecule has 1 N–H and O–H groups in total. The van der Waals surface area contributed by atoms with Crippen LogP contribution in [0.15, 0.2) is 65.2 Å². The van der Waals surface area contributed by atoms with Crippen LogP contribution in [0.1, 0.15) is 24.4 Å². The number of carbonyl (C=O) groups excluding carboxylic acids is 2.